The highest BCUT2D eigenvalue weighted by Gasteiger charge is 2.31. The second-order valence-electron chi connectivity index (χ2n) is 10.4. The number of hydrogen-bond donors (Lipinski definition) is 1. The van der Waals surface area contributed by atoms with E-state index in [-0.39, 0.29) is 17.5 Å². The fourth-order valence-electron chi connectivity index (χ4n) is 5.15. The third-order valence-electron chi connectivity index (χ3n) is 7.37. The van der Waals surface area contributed by atoms with E-state index in [1.165, 1.54) is 39.6 Å². The standard InChI is InChI=1S/C35H32F3N3O2S/c36-35(37,38)27-16-11-17-28(24-27)41-33(43)30-18-7-8-19-31(30)40-34(41)44-23-10-9-20-32(42)39-22-21-29(25-12-3-1-4-13-25)26-14-5-2-6-15-26/h1-8,11-19,24,29H,9-10,20-23H2,(H,39,42). The molecule has 5 rings (SSSR count). The maximum atomic E-state index is 13.4. The summed E-state index contributed by atoms with van der Waals surface area (Å²) in [5, 5.41) is 3.68. The molecule has 0 saturated carbocycles. The molecule has 0 spiro atoms. The second-order valence-corrected chi connectivity index (χ2v) is 11.5. The largest absolute Gasteiger partial charge is 0.416 e. The SMILES string of the molecule is O=C(CCCCSc1nc2ccccc2c(=O)n1-c1cccc(C(F)(F)F)c1)NCCC(c1ccccc1)c1ccccc1. The molecule has 1 aromatic heterocycles. The Morgan fingerprint density at radius 3 is 2.18 bits per heavy atom. The van der Waals surface area contributed by atoms with Crippen LogP contribution in [0, 0.1) is 0 Å². The van der Waals surface area contributed by atoms with Crippen LogP contribution in [0.2, 0.25) is 0 Å². The fraction of sp³-hybridized carbons (Fsp3) is 0.229. The number of hydrogen-bond acceptors (Lipinski definition) is 4. The summed E-state index contributed by atoms with van der Waals surface area (Å²) in [6.45, 7) is 0.548. The van der Waals surface area contributed by atoms with Crippen LogP contribution in [0.25, 0.3) is 16.6 Å². The average Bonchev–Trinajstić information content (AvgIpc) is 3.03. The lowest BCUT2D eigenvalue weighted by molar-refractivity contribution is -0.137. The van der Waals surface area contributed by atoms with E-state index in [1.54, 1.807) is 24.3 Å². The number of para-hydroxylation sites is 1. The summed E-state index contributed by atoms with van der Waals surface area (Å²) in [5.41, 5.74) is 1.73. The molecule has 0 fully saturated rings. The molecular formula is C35H32F3N3O2S. The van der Waals surface area contributed by atoms with Gasteiger partial charge in [0.25, 0.3) is 5.56 Å². The average molecular weight is 616 g/mol. The van der Waals surface area contributed by atoms with Gasteiger partial charge in [-0.25, -0.2) is 4.98 Å². The number of rotatable bonds is 12. The molecule has 0 atom stereocenters. The maximum absolute atomic E-state index is 13.4. The Balaban J connectivity index is 1.18. The number of halogens is 3. The van der Waals surface area contributed by atoms with Gasteiger partial charge in [0.2, 0.25) is 5.91 Å². The summed E-state index contributed by atoms with van der Waals surface area (Å²) in [6.07, 6.45) is -2.12. The van der Waals surface area contributed by atoms with Crippen molar-refractivity contribution in [3.63, 3.8) is 0 Å². The van der Waals surface area contributed by atoms with Gasteiger partial charge >= 0.3 is 6.18 Å². The maximum Gasteiger partial charge on any atom is 0.416 e. The number of nitrogens with one attached hydrogen (secondary N) is 1. The van der Waals surface area contributed by atoms with Crippen LogP contribution in [-0.2, 0) is 11.0 Å². The molecule has 1 amide bonds. The van der Waals surface area contributed by atoms with Gasteiger partial charge in [0.1, 0.15) is 0 Å². The van der Waals surface area contributed by atoms with E-state index in [2.05, 4.69) is 34.6 Å². The van der Waals surface area contributed by atoms with E-state index in [9.17, 15) is 22.8 Å². The van der Waals surface area contributed by atoms with E-state index in [0.29, 0.717) is 47.6 Å². The molecule has 0 unspecified atom stereocenters. The third kappa shape index (κ3) is 7.77. The normalized spacial score (nSPS) is 11.6. The third-order valence-corrected chi connectivity index (χ3v) is 8.39. The second kappa shape index (κ2) is 14.4. The zero-order valence-corrected chi connectivity index (χ0v) is 24.8. The van der Waals surface area contributed by atoms with Crippen LogP contribution < -0.4 is 10.9 Å². The van der Waals surface area contributed by atoms with Crippen molar-refractivity contribution in [2.24, 2.45) is 0 Å². The van der Waals surface area contributed by atoms with Crippen molar-refractivity contribution in [1.29, 1.82) is 0 Å². The smallest absolute Gasteiger partial charge is 0.356 e. The summed E-state index contributed by atoms with van der Waals surface area (Å²) in [5.74, 6) is 0.693. The number of aromatic nitrogens is 2. The van der Waals surface area contributed by atoms with Crippen LogP contribution in [0.1, 0.15) is 48.3 Å². The predicted molar refractivity (Wildman–Crippen MR) is 169 cm³/mol. The minimum atomic E-state index is -4.54. The molecule has 5 nitrogen and oxygen atoms in total. The zero-order valence-electron chi connectivity index (χ0n) is 24.0. The van der Waals surface area contributed by atoms with Crippen molar-refractivity contribution < 1.29 is 18.0 Å². The van der Waals surface area contributed by atoms with Gasteiger partial charge in [-0.1, -0.05) is 90.6 Å². The monoisotopic (exact) mass is 615 g/mol. The van der Waals surface area contributed by atoms with E-state index >= 15 is 0 Å². The van der Waals surface area contributed by atoms with Crippen molar-refractivity contribution in [2.45, 2.75) is 42.9 Å². The molecule has 0 bridgehead atoms. The minimum Gasteiger partial charge on any atom is -0.356 e. The summed E-state index contributed by atoms with van der Waals surface area (Å²) in [6, 6.07) is 32.0. The molecule has 0 aliphatic carbocycles. The van der Waals surface area contributed by atoms with Gasteiger partial charge in [0.05, 0.1) is 22.2 Å². The molecule has 0 aliphatic rings. The molecule has 226 valence electrons. The quantitative estimate of drug-likeness (QED) is 0.0878. The number of carbonyl (C=O) groups excluding carboxylic acids is 1. The Morgan fingerprint density at radius 2 is 1.50 bits per heavy atom. The molecule has 0 saturated heterocycles. The van der Waals surface area contributed by atoms with E-state index in [4.69, 9.17) is 0 Å². The minimum absolute atomic E-state index is 0.0282. The first-order valence-electron chi connectivity index (χ1n) is 14.5. The van der Waals surface area contributed by atoms with E-state index in [0.717, 1.165) is 18.6 Å². The van der Waals surface area contributed by atoms with Gasteiger partial charge < -0.3 is 5.32 Å². The van der Waals surface area contributed by atoms with Crippen LogP contribution in [0.3, 0.4) is 0 Å². The number of alkyl halides is 3. The molecular weight excluding hydrogens is 583 g/mol. The van der Waals surface area contributed by atoms with Crippen molar-refractivity contribution in [3.05, 3.63) is 136 Å². The number of unbranched alkanes of at least 4 members (excludes halogenated alkanes) is 1. The molecule has 9 heteroatoms. The molecule has 4 aromatic carbocycles. The van der Waals surface area contributed by atoms with Crippen LogP contribution in [-0.4, -0.2) is 27.8 Å². The summed E-state index contributed by atoms with van der Waals surface area (Å²) in [4.78, 5) is 30.6. The Morgan fingerprint density at radius 1 is 0.841 bits per heavy atom. The zero-order chi connectivity index (χ0) is 30.9. The van der Waals surface area contributed by atoms with Gasteiger partial charge in [-0.05, 0) is 60.7 Å². The van der Waals surface area contributed by atoms with Gasteiger partial charge in [0.15, 0.2) is 5.16 Å². The first kappa shape index (κ1) is 31.1. The number of thioether (sulfide) groups is 1. The molecule has 1 N–H and O–H groups in total. The molecule has 44 heavy (non-hydrogen) atoms. The lowest BCUT2D eigenvalue weighted by atomic mass is 9.88. The lowest BCUT2D eigenvalue weighted by Gasteiger charge is -2.18. The van der Waals surface area contributed by atoms with Gasteiger partial charge in [0, 0.05) is 24.6 Å². The van der Waals surface area contributed by atoms with Crippen molar-refractivity contribution in [2.75, 3.05) is 12.3 Å². The highest BCUT2D eigenvalue weighted by molar-refractivity contribution is 7.99. The first-order valence-corrected chi connectivity index (χ1v) is 15.5. The van der Waals surface area contributed by atoms with Crippen molar-refractivity contribution in [1.82, 2.24) is 14.9 Å². The lowest BCUT2D eigenvalue weighted by Crippen LogP contribution is -2.25. The number of nitrogens with zero attached hydrogens (tertiary/aromatic N) is 2. The first-order chi connectivity index (χ1) is 21.3. The number of benzene rings is 4. The summed E-state index contributed by atoms with van der Waals surface area (Å²) >= 11 is 1.29. The van der Waals surface area contributed by atoms with E-state index in [1.807, 2.05) is 36.4 Å². The van der Waals surface area contributed by atoms with Crippen LogP contribution in [0.4, 0.5) is 13.2 Å². The highest BCUT2D eigenvalue weighted by Crippen LogP contribution is 2.31. The van der Waals surface area contributed by atoms with Gasteiger partial charge in [-0.15, -0.1) is 0 Å². The predicted octanol–water partition coefficient (Wildman–Crippen LogP) is 8.01. The number of carbonyl (C=O) groups is 1. The molecule has 0 radical (unpaired) electrons. The topological polar surface area (TPSA) is 64.0 Å². The van der Waals surface area contributed by atoms with E-state index < -0.39 is 17.3 Å². The Labute approximate surface area is 258 Å². The van der Waals surface area contributed by atoms with Crippen LogP contribution in [0.15, 0.2) is 119 Å². The van der Waals surface area contributed by atoms with Gasteiger partial charge in [-0.3, -0.25) is 14.2 Å². The molecule has 0 aliphatic heterocycles. The van der Waals surface area contributed by atoms with Crippen LogP contribution in [0.5, 0.6) is 0 Å². The fourth-order valence-corrected chi connectivity index (χ4v) is 6.16. The molecule has 1 heterocycles. The Bertz CT molecular complexity index is 1720. The summed E-state index contributed by atoms with van der Waals surface area (Å²) in [7, 11) is 0. The number of amides is 1. The number of fused-ring (bicyclic) bond motifs is 1. The van der Waals surface area contributed by atoms with Crippen molar-refractivity contribution in [3.8, 4) is 5.69 Å². The Kier molecular flexibility index (Phi) is 10.2. The molecule has 5 aromatic rings. The van der Waals surface area contributed by atoms with Gasteiger partial charge in [-0.2, -0.15) is 13.2 Å². The highest BCUT2D eigenvalue weighted by atomic mass is 32.2. The van der Waals surface area contributed by atoms with Crippen molar-refractivity contribution >= 4 is 28.6 Å². The summed E-state index contributed by atoms with van der Waals surface area (Å²) < 4.78 is 41.5. The van der Waals surface area contributed by atoms with Crippen LogP contribution >= 0.6 is 11.8 Å². The Hall–Kier alpha value is -4.37.